The highest BCUT2D eigenvalue weighted by molar-refractivity contribution is 6.30. The third kappa shape index (κ3) is 4.53. The predicted molar refractivity (Wildman–Crippen MR) is 97.8 cm³/mol. The second-order valence-corrected chi connectivity index (χ2v) is 7.52. The Morgan fingerprint density at radius 2 is 1.80 bits per heavy atom. The van der Waals surface area contributed by atoms with Crippen LogP contribution in [0.25, 0.3) is 0 Å². The first-order valence-electron chi connectivity index (χ1n) is 8.99. The fraction of sp³-hybridized carbons (Fsp3) is 0.632. The van der Waals surface area contributed by atoms with Crippen molar-refractivity contribution in [2.24, 2.45) is 0 Å². The second-order valence-electron chi connectivity index (χ2n) is 7.08. The summed E-state index contributed by atoms with van der Waals surface area (Å²) >= 11 is 5.97. The summed E-state index contributed by atoms with van der Waals surface area (Å²) in [6, 6.07) is 7.59. The van der Waals surface area contributed by atoms with E-state index in [4.69, 9.17) is 21.1 Å². The van der Waals surface area contributed by atoms with Crippen LogP contribution < -0.4 is 0 Å². The number of amides is 1. The number of carbonyl (C=O) groups excluding carboxylic acids is 1. The summed E-state index contributed by atoms with van der Waals surface area (Å²) in [5.74, 6) is 0.179. The molecular formula is C19H27ClN2O3. The van der Waals surface area contributed by atoms with E-state index in [2.05, 4.69) is 4.90 Å². The molecule has 2 aliphatic rings. The van der Waals surface area contributed by atoms with E-state index in [1.807, 2.05) is 49.9 Å². The Labute approximate surface area is 154 Å². The Kier molecular flexibility index (Phi) is 6.00. The lowest BCUT2D eigenvalue weighted by Crippen LogP contribution is -2.56. The second kappa shape index (κ2) is 8.04. The molecule has 0 N–H and O–H groups in total. The lowest BCUT2D eigenvalue weighted by molar-refractivity contribution is -0.151. The Hall–Kier alpha value is -1.14. The summed E-state index contributed by atoms with van der Waals surface area (Å²) in [5.41, 5.74) is 1.10. The number of benzene rings is 1. The highest BCUT2D eigenvalue weighted by atomic mass is 35.5. The van der Waals surface area contributed by atoms with Crippen molar-refractivity contribution in [2.75, 3.05) is 32.8 Å². The summed E-state index contributed by atoms with van der Waals surface area (Å²) in [7, 11) is 0. The van der Waals surface area contributed by atoms with Gasteiger partial charge in [0.1, 0.15) is 0 Å². The van der Waals surface area contributed by atoms with Gasteiger partial charge in [-0.3, -0.25) is 9.69 Å². The first-order chi connectivity index (χ1) is 11.9. The van der Waals surface area contributed by atoms with Gasteiger partial charge in [0.05, 0.1) is 31.0 Å². The van der Waals surface area contributed by atoms with Crippen LogP contribution >= 0.6 is 11.6 Å². The molecule has 138 valence electrons. The van der Waals surface area contributed by atoms with Gasteiger partial charge in [-0.15, -0.1) is 0 Å². The summed E-state index contributed by atoms with van der Waals surface area (Å²) in [6.07, 6.45) is 0.154. The maximum absolute atomic E-state index is 12.9. The van der Waals surface area contributed by atoms with Crippen molar-refractivity contribution in [3.05, 3.63) is 34.9 Å². The minimum absolute atomic E-state index is 0.0243. The molecule has 5 nitrogen and oxygen atoms in total. The number of hydrogen-bond donors (Lipinski definition) is 0. The number of hydrogen-bond acceptors (Lipinski definition) is 4. The first-order valence-corrected chi connectivity index (χ1v) is 9.37. The molecule has 2 fully saturated rings. The fourth-order valence-electron chi connectivity index (χ4n) is 3.68. The largest absolute Gasteiger partial charge is 0.372 e. The number of carbonyl (C=O) groups is 1. The van der Waals surface area contributed by atoms with Crippen LogP contribution in [0.5, 0.6) is 0 Å². The van der Waals surface area contributed by atoms with Crippen molar-refractivity contribution < 1.29 is 14.3 Å². The average Bonchev–Trinajstić information content (AvgIpc) is 2.60. The number of ether oxygens (including phenoxy) is 2. The van der Waals surface area contributed by atoms with E-state index in [1.54, 1.807) is 0 Å². The van der Waals surface area contributed by atoms with Crippen molar-refractivity contribution in [3.63, 3.8) is 0 Å². The first kappa shape index (κ1) is 18.6. The van der Waals surface area contributed by atoms with Crippen molar-refractivity contribution >= 4 is 17.5 Å². The van der Waals surface area contributed by atoms with Gasteiger partial charge >= 0.3 is 0 Å². The molecule has 0 spiro atoms. The van der Waals surface area contributed by atoms with Crippen LogP contribution in [0, 0.1) is 0 Å². The molecule has 6 heteroatoms. The smallest absolute Gasteiger partial charge is 0.239 e. The normalized spacial score (nSPS) is 29.4. The van der Waals surface area contributed by atoms with Crippen LogP contribution in [0.15, 0.2) is 24.3 Å². The lowest BCUT2D eigenvalue weighted by atomic mass is 10.1. The van der Waals surface area contributed by atoms with Gasteiger partial charge in [0.2, 0.25) is 5.91 Å². The predicted octanol–water partition coefficient (Wildman–Crippen LogP) is 2.74. The molecule has 0 bridgehead atoms. The molecule has 3 rings (SSSR count). The maximum Gasteiger partial charge on any atom is 0.239 e. The van der Waals surface area contributed by atoms with Crippen molar-refractivity contribution in [1.82, 2.24) is 9.80 Å². The minimum Gasteiger partial charge on any atom is -0.372 e. The van der Waals surface area contributed by atoms with Crippen molar-refractivity contribution in [2.45, 2.75) is 45.1 Å². The van der Waals surface area contributed by atoms with Crippen LogP contribution in [0.2, 0.25) is 5.02 Å². The molecule has 2 heterocycles. The Morgan fingerprint density at radius 1 is 1.16 bits per heavy atom. The van der Waals surface area contributed by atoms with Crippen LogP contribution in [0.4, 0.5) is 0 Å². The summed E-state index contributed by atoms with van der Waals surface area (Å²) < 4.78 is 11.7. The van der Waals surface area contributed by atoms with Gasteiger partial charge in [0.15, 0.2) is 0 Å². The third-order valence-electron chi connectivity index (χ3n) is 4.98. The van der Waals surface area contributed by atoms with Gasteiger partial charge < -0.3 is 14.4 Å². The van der Waals surface area contributed by atoms with Crippen LogP contribution in [-0.4, -0.2) is 66.7 Å². The number of halogens is 1. The molecule has 4 atom stereocenters. The molecule has 0 aromatic heterocycles. The molecule has 2 aliphatic heterocycles. The summed E-state index contributed by atoms with van der Waals surface area (Å²) in [4.78, 5) is 17.1. The molecule has 0 saturated carbocycles. The minimum atomic E-state index is -0.156. The van der Waals surface area contributed by atoms with Crippen LogP contribution in [0.3, 0.4) is 0 Å². The van der Waals surface area contributed by atoms with Gasteiger partial charge in [-0.1, -0.05) is 23.7 Å². The molecule has 0 aliphatic carbocycles. The van der Waals surface area contributed by atoms with Gasteiger partial charge in [-0.2, -0.15) is 0 Å². The molecular weight excluding hydrogens is 340 g/mol. The zero-order valence-electron chi connectivity index (χ0n) is 15.2. The van der Waals surface area contributed by atoms with Crippen molar-refractivity contribution in [3.8, 4) is 0 Å². The molecule has 0 unspecified atom stereocenters. The van der Waals surface area contributed by atoms with Gasteiger partial charge in [0.25, 0.3) is 0 Å². The topological polar surface area (TPSA) is 42.0 Å². The molecule has 0 radical (unpaired) electrons. The van der Waals surface area contributed by atoms with Gasteiger partial charge in [-0.05, 0) is 38.5 Å². The highest BCUT2D eigenvalue weighted by Crippen LogP contribution is 2.25. The van der Waals surface area contributed by atoms with E-state index < -0.39 is 0 Å². The molecule has 1 aromatic carbocycles. The van der Waals surface area contributed by atoms with Crippen LogP contribution in [0.1, 0.15) is 32.4 Å². The molecule has 25 heavy (non-hydrogen) atoms. The highest BCUT2D eigenvalue weighted by Gasteiger charge is 2.33. The fourth-order valence-corrected chi connectivity index (χ4v) is 3.80. The van der Waals surface area contributed by atoms with E-state index in [9.17, 15) is 4.79 Å². The maximum atomic E-state index is 12.9. The molecule has 1 amide bonds. The Balaban J connectivity index is 1.64. The average molecular weight is 367 g/mol. The van der Waals surface area contributed by atoms with E-state index in [0.717, 1.165) is 17.1 Å². The number of morpholine rings is 2. The summed E-state index contributed by atoms with van der Waals surface area (Å²) in [6.45, 7) is 9.48. The zero-order valence-corrected chi connectivity index (χ0v) is 15.9. The standard InChI is InChI=1S/C19H27ClN2O3/c1-13-10-22(11-14(2)25-13)19(23)15(3)21-8-9-24-18(12-21)16-4-6-17(20)7-5-16/h4-7,13-15,18H,8-12H2,1-3H3/t13-,14+,15-,18-/m0/s1. The molecule has 1 aromatic rings. The summed E-state index contributed by atoms with van der Waals surface area (Å²) in [5, 5.41) is 0.718. The SMILES string of the molecule is C[C@@H]1CN(C(=O)[C@H](C)N2CCO[C@H](c3ccc(Cl)cc3)C2)C[C@H](C)O1. The Morgan fingerprint density at radius 3 is 2.44 bits per heavy atom. The van der Waals surface area contributed by atoms with E-state index in [-0.39, 0.29) is 30.3 Å². The number of nitrogens with zero attached hydrogens (tertiary/aromatic N) is 2. The van der Waals surface area contributed by atoms with E-state index in [0.29, 0.717) is 26.2 Å². The van der Waals surface area contributed by atoms with E-state index >= 15 is 0 Å². The van der Waals surface area contributed by atoms with Crippen LogP contribution in [-0.2, 0) is 14.3 Å². The zero-order chi connectivity index (χ0) is 18.0. The Bertz CT molecular complexity index is 585. The number of rotatable bonds is 3. The van der Waals surface area contributed by atoms with E-state index in [1.165, 1.54) is 0 Å². The van der Waals surface area contributed by atoms with Crippen molar-refractivity contribution in [1.29, 1.82) is 0 Å². The molecule has 2 saturated heterocycles. The monoisotopic (exact) mass is 366 g/mol. The lowest BCUT2D eigenvalue weighted by Gasteiger charge is -2.41. The van der Waals surface area contributed by atoms with Gasteiger partial charge in [0, 0.05) is 31.2 Å². The van der Waals surface area contributed by atoms with Gasteiger partial charge in [-0.25, -0.2) is 0 Å². The quantitative estimate of drug-likeness (QED) is 0.825. The third-order valence-corrected chi connectivity index (χ3v) is 5.23.